The number of ether oxygens (including phenoxy) is 1. The van der Waals surface area contributed by atoms with Gasteiger partial charge in [0.25, 0.3) is 5.69 Å². The first-order valence-corrected chi connectivity index (χ1v) is 9.66. The van der Waals surface area contributed by atoms with Gasteiger partial charge in [-0.15, -0.1) is 0 Å². The molecule has 1 N–H and O–H groups in total. The molecule has 3 rings (SSSR count). The van der Waals surface area contributed by atoms with Gasteiger partial charge in [0.05, 0.1) is 23.3 Å². The molecule has 0 bridgehead atoms. The molecule has 0 unspecified atom stereocenters. The average Bonchev–Trinajstić information content (AvgIpc) is 2.73. The van der Waals surface area contributed by atoms with Crippen LogP contribution in [0, 0.1) is 23.0 Å². The number of alkyl halides is 3. The van der Waals surface area contributed by atoms with Crippen LogP contribution < -0.4 is 15.0 Å². The second kappa shape index (κ2) is 8.83. The van der Waals surface area contributed by atoms with Crippen molar-refractivity contribution in [1.82, 2.24) is 0 Å². The molecule has 0 atom stereocenters. The number of nitro groups is 1. The van der Waals surface area contributed by atoms with Gasteiger partial charge in [0, 0.05) is 25.1 Å². The number of amides is 1. The lowest BCUT2D eigenvalue weighted by Crippen LogP contribution is -2.38. The predicted octanol–water partition coefficient (Wildman–Crippen LogP) is 4.79. The van der Waals surface area contributed by atoms with Crippen molar-refractivity contribution in [3.63, 3.8) is 0 Å². The minimum atomic E-state index is -4.66. The lowest BCUT2D eigenvalue weighted by atomic mass is 9.95. The van der Waals surface area contributed by atoms with Crippen molar-refractivity contribution in [2.75, 3.05) is 30.4 Å². The topological polar surface area (TPSA) is 84.7 Å². The van der Waals surface area contributed by atoms with Crippen molar-refractivity contribution in [3.8, 4) is 5.75 Å². The van der Waals surface area contributed by atoms with Gasteiger partial charge in [-0.05, 0) is 49.6 Å². The molecular formula is C21H22F3N3O4. The summed E-state index contributed by atoms with van der Waals surface area (Å²) >= 11 is 0. The van der Waals surface area contributed by atoms with E-state index in [0.29, 0.717) is 43.4 Å². The molecule has 0 aliphatic carbocycles. The number of anilines is 2. The fraction of sp³-hybridized carbons (Fsp3) is 0.381. The number of hydrogen-bond donors (Lipinski definition) is 1. The molecule has 31 heavy (non-hydrogen) atoms. The Kier molecular flexibility index (Phi) is 6.37. The zero-order valence-corrected chi connectivity index (χ0v) is 17.0. The quantitative estimate of drug-likeness (QED) is 0.537. The highest BCUT2D eigenvalue weighted by atomic mass is 19.4. The van der Waals surface area contributed by atoms with Gasteiger partial charge in [-0.25, -0.2) is 0 Å². The average molecular weight is 437 g/mol. The summed E-state index contributed by atoms with van der Waals surface area (Å²) in [5, 5.41) is 14.2. The smallest absolute Gasteiger partial charge is 0.416 e. The summed E-state index contributed by atoms with van der Waals surface area (Å²) in [4.78, 5) is 24.9. The summed E-state index contributed by atoms with van der Waals surface area (Å²) in [6, 6.07) is 7.95. The highest BCUT2D eigenvalue weighted by molar-refractivity contribution is 5.94. The van der Waals surface area contributed by atoms with Crippen LogP contribution in [0.2, 0.25) is 0 Å². The van der Waals surface area contributed by atoms with E-state index < -0.39 is 22.4 Å². The van der Waals surface area contributed by atoms with E-state index in [4.69, 9.17) is 4.74 Å². The van der Waals surface area contributed by atoms with Crippen molar-refractivity contribution in [1.29, 1.82) is 0 Å². The normalized spacial score (nSPS) is 14.9. The lowest BCUT2D eigenvalue weighted by Gasteiger charge is -2.32. The first-order valence-electron chi connectivity index (χ1n) is 9.66. The number of carbonyl (C=O) groups is 1. The van der Waals surface area contributed by atoms with Gasteiger partial charge in [-0.2, -0.15) is 13.2 Å². The number of nitro benzene ring substituents is 1. The molecule has 7 nitrogen and oxygen atoms in total. The van der Waals surface area contributed by atoms with Gasteiger partial charge in [-0.3, -0.25) is 14.9 Å². The SMILES string of the molecule is COc1ccc(C)cc1NC(=O)C1CCN(c2ccc(C(F)(F)F)cc2[N+](=O)[O-])CC1. The van der Waals surface area contributed by atoms with Crippen molar-refractivity contribution in [3.05, 3.63) is 57.6 Å². The van der Waals surface area contributed by atoms with E-state index in [2.05, 4.69) is 5.32 Å². The second-order valence-electron chi connectivity index (χ2n) is 7.41. The molecule has 1 amide bonds. The van der Waals surface area contributed by atoms with E-state index in [1.807, 2.05) is 13.0 Å². The Morgan fingerprint density at radius 2 is 1.87 bits per heavy atom. The van der Waals surface area contributed by atoms with Crippen LogP contribution >= 0.6 is 0 Å². The molecule has 0 spiro atoms. The Bertz CT molecular complexity index is 986. The van der Waals surface area contributed by atoms with Crippen molar-refractivity contribution >= 4 is 23.0 Å². The summed E-state index contributed by atoms with van der Waals surface area (Å²) in [6.07, 6.45) is -3.83. The van der Waals surface area contributed by atoms with Gasteiger partial charge in [-0.1, -0.05) is 6.07 Å². The molecule has 10 heteroatoms. The van der Waals surface area contributed by atoms with E-state index >= 15 is 0 Å². The molecule has 1 aliphatic rings. The number of benzene rings is 2. The van der Waals surface area contributed by atoms with Gasteiger partial charge in [0.15, 0.2) is 0 Å². The maximum absolute atomic E-state index is 12.9. The monoisotopic (exact) mass is 437 g/mol. The lowest BCUT2D eigenvalue weighted by molar-refractivity contribution is -0.384. The highest BCUT2D eigenvalue weighted by Gasteiger charge is 2.35. The number of hydrogen-bond acceptors (Lipinski definition) is 5. The van der Waals surface area contributed by atoms with E-state index in [1.54, 1.807) is 17.0 Å². The van der Waals surface area contributed by atoms with E-state index in [-0.39, 0.29) is 17.5 Å². The molecule has 0 aromatic heterocycles. The Balaban J connectivity index is 1.70. The summed E-state index contributed by atoms with van der Waals surface area (Å²) in [5.41, 5.74) is -0.0161. The molecule has 2 aromatic carbocycles. The molecule has 0 saturated carbocycles. The third kappa shape index (κ3) is 5.07. The van der Waals surface area contributed by atoms with Crippen LogP contribution in [0.15, 0.2) is 36.4 Å². The third-order valence-corrected chi connectivity index (χ3v) is 5.32. The number of nitrogens with one attached hydrogen (secondary N) is 1. The van der Waals surface area contributed by atoms with Crippen molar-refractivity contribution < 1.29 is 27.6 Å². The molecule has 166 valence electrons. The number of nitrogens with zero attached hydrogens (tertiary/aromatic N) is 2. The number of methoxy groups -OCH3 is 1. The Labute approximate surface area is 177 Å². The molecular weight excluding hydrogens is 415 g/mol. The van der Waals surface area contributed by atoms with Crippen molar-refractivity contribution in [2.24, 2.45) is 5.92 Å². The summed E-state index contributed by atoms with van der Waals surface area (Å²) in [7, 11) is 1.51. The van der Waals surface area contributed by atoms with E-state index in [1.165, 1.54) is 7.11 Å². The first-order chi connectivity index (χ1) is 14.6. The molecule has 1 fully saturated rings. The fourth-order valence-electron chi connectivity index (χ4n) is 3.65. The van der Waals surface area contributed by atoms with Crippen LogP contribution in [-0.4, -0.2) is 31.0 Å². The number of piperidine rings is 1. The first kappa shape index (κ1) is 22.4. The minimum Gasteiger partial charge on any atom is -0.495 e. The standard InChI is InChI=1S/C21H22F3N3O4/c1-13-3-6-19(31-2)16(11-13)25-20(28)14-7-9-26(10-8-14)17-5-4-15(21(22,23)24)12-18(17)27(29)30/h3-6,11-12,14H,7-10H2,1-2H3,(H,25,28). The van der Waals surface area contributed by atoms with Gasteiger partial charge in [0.2, 0.25) is 5.91 Å². The van der Waals surface area contributed by atoms with E-state index in [9.17, 15) is 28.1 Å². The fourth-order valence-corrected chi connectivity index (χ4v) is 3.65. The van der Waals surface area contributed by atoms with Crippen LogP contribution in [0.25, 0.3) is 0 Å². The zero-order chi connectivity index (χ0) is 22.8. The molecule has 0 radical (unpaired) electrons. The minimum absolute atomic E-state index is 0.122. The predicted molar refractivity (Wildman–Crippen MR) is 109 cm³/mol. The number of aryl methyl sites for hydroxylation is 1. The van der Waals surface area contributed by atoms with Crippen LogP contribution in [0.4, 0.5) is 30.2 Å². The van der Waals surface area contributed by atoms with Crippen LogP contribution in [-0.2, 0) is 11.0 Å². The van der Waals surface area contributed by atoms with Crippen LogP contribution in [0.3, 0.4) is 0 Å². The van der Waals surface area contributed by atoms with Crippen LogP contribution in [0.1, 0.15) is 24.0 Å². The number of rotatable bonds is 5. The molecule has 1 aliphatic heterocycles. The van der Waals surface area contributed by atoms with E-state index in [0.717, 1.165) is 17.7 Å². The number of carbonyl (C=O) groups excluding carboxylic acids is 1. The summed E-state index contributed by atoms with van der Waals surface area (Å²) < 4.78 is 44.0. The van der Waals surface area contributed by atoms with Crippen molar-refractivity contribution in [2.45, 2.75) is 25.9 Å². The summed E-state index contributed by atoms with van der Waals surface area (Å²) in [5.74, 6) is 0.0252. The maximum Gasteiger partial charge on any atom is 0.416 e. The third-order valence-electron chi connectivity index (χ3n) is 5.32. The summed E-state index contributed by atoms with van der Waals surface area (Å²) in [6.45, 7) is 2.52. The molecule has 1 heterocycles. The molecule has 1 saturated heterocycles. The highest BCUT2D eigenvalue weighted by Crippen LogP contribution is 2.38. The Hall–Kier alpha value is -3.30. The Morgan fingerprint density at radius 3 is 2.45 bits per heavy atom. The van der Waals surface area contributed by atoms with Crippen LogP contribution in [0.5, 0.6) is 5.75 Å². The second-order valence-corrected chi connectivity index (χ2v) is 7.41. The maximum atomic E-state index is 12.9. The zero-order valence-electron chi connectivity index (χ0n) is 17.0. The largest absolute Gasteiger partial charge is 0.495 e. The van der Waals surface area contributed by atoms with Gasteiger partial charge < -0.3 is 15.0 Å². The Morgan fingerprint density at radius 1 is 1.19 bits per heavy atom. The van der Waals surface area contributed by atoms with Gasteiger partial charge >= 0.3 is 6.18 Å². The molecule has 2 aromatic rings. The number of halogens is 3. The van der Waals surface area contributed by atoms with Gasteiger partial charge in [0.1, 0.15) is 11.4 Å².